The van der Waals surface area contributed by atoms with Crippen molar-refractivity contribution in [3.63, 3.8) is 0 Å². The lowest BCUT2D eigenvalue weighted by Gasteiger charge is -2.46. The summed E-state index contributed by atoms with van der Waals surface area (Å²) < 4.78 is 26.4. The van der Waals surface area contributed by atoms with Crippen molar-refractivity contribution in [2.24, 2.45) is 5.92 Å². The Hall–Kier alpha value is -2.71. The average Bonchev–Trinajstić information content (AvgIpc) is 3.06. The number of alkyl halides is 1. The molecule has 1 aliphatic carbocycles. The molecule has 4 fully saturated rings. The summed E-state index contributed by atoms with van der Waals surface area (Å²) in [6.45, 7) is 4.40. The van der Waals surface area contributed by atoms with Crippen molar-refractivity contribution in [3.05, 3.63) is 42.1 Å². The maximum Gasteiger partial charge on any atom is 0.230 e. The van der Waals surface area contributed by atoms with Crippen LogP contribution in [0.4, 0.5) is 27.3 Å². The van der Waals surface area contributed by atoms with Crippen molar-refractivity contribution >= 4 is 28.8 Å². The minimum Gasteiger partial charge on any atom is -0.375 e. The van der Waals surface area contributed by atoms with Crippen LogP contribution < -0.4 is 15.1 Å². The number of hydrogen-bond acceptors (Lipinski definition) is 6. The third-order valence-electron chi connectivity index (χ3n) is 7.97. The number of halogens is 1. The van der Waals surface area contributed by atoms with E-state index < -0.39 is 12.3 Å². The predicted octanol–water partition coefficient (Wildman–Crippen LogP) is 4.58. The number of rotatable bonds is 4. The summed E-state index contributed by atoms with van der Waals surface area (Å²) in [5, 5.41) is 3.45. The van der Waals surface area contributed by atoms with Gasteiger partial charge in [0.1, 0.15) is 12.0 Å². The first-order chi connectivity index (χ1) is 17.1. The number of anilines is 4. The third kappa shape index (κ3) is 4.27. The molecule has 1 saturated carbocycles. The van der Waals surface area contributed by atoms with Gasteiger partial charge in [-0.2, -0.15) is 0 Å². The van der Waals surface area contributed by atoms with Gasteiger partial charge in [0.2, 0.25) is 5.91 Å². The van der Waals surface area contributed by atoms with Gasteiger partial charge < -0.3 is 24.6 Å². The standard InChI is InChI=1S/C27H33FN4O3/c1-2-34-25-10-5-17(12-22(25)28)27(33)32-14-18-4-3-11-29-26(18)30-23-9-7-19(13-24(23)32)31-15-21-8-6-20(31)16-35-21/h3-4,7,9,11,13,17,20-22,25H,2,5-6,8,10,12,14-16H2,1H3,(H,29,30)/t17-,20+,21+,22+,25+/m1/s1. The van der Waals surface area contributed by atoms with Crippen LogP contribution in [0.25, 0.3) is 0 Å². The third-order valence-corrected chi connectivity index (χ3v) is 7.97. The van der Waals surface area contributed by atoms with E-state index in [0.717, 1.165) is 54.4 Å². The topological polar surface area (TPSA) is 66.9 Å². The molecule has 5 heterocycles. The largest absolute Gasteiger partial charge is 0.375 e. The van der Waals surface area contributed by atoms with Gasteiger partial charge in [-0.25, -0.2) is 9.37 Å². The number of piperidine rings is 1. The van der Waals surface area contributed by atoms with Crippen LogP contribution in [-0.2, 0) is 20.8 Å². The second-order valence-electron chi connectivity index (χ2n) is 10.1. The molecule has 5 atom stereocenters. The van der Waals surface area contributed by atoms with Crippen LogP contribution in [0.1, 0.15) is 44.6 Å². The number of nitrogens with one attached hydrogen (secondary N) is 1. The first kappa shape index (κ1) is 22.7. The molecule has 1 aromatic heterocycles. The van der Waals surface area contributed by atoms with Crippen molar-refractivity contribution in [1.29, 1.82) is 0 Å². The quantitative estimate of drug-likeness (QED) is 0.691. The van der Waals surface area contributed by atoms with Crippen LogP contribution in [0.2, 0.25) is 0 Å². The number of carbonyl (C=O) groups is 1. The number of carbonyl (C=O) groups excluding carboxylic acids is 1. The average molecular weight is 481 g/mol. The second kappa shape index (κ2) is 9.39. The molecule has 35 heavy (non-hydrogen) atoms. The van der Waals surface area contributed by atoms with E-state index >= 15 is 0 Å². The molecule has 0 unspecified atom stereocenters. The van der Waals surface area contributed by atoms with Crippen molar-refractivity contribution in [3.8, 4) is 0 Å². The SMILES string of the molecule is CCO[C@H]1CC[C@@H](C(=O)N2Cc3cccnc3Nc3ccc(N4C[C@@H]5CC[C@H]4CO5)cc32)C[C@@H]1F. The lowest BCUT2D eigenvalue weighted by atomic mass is 9.85. The lowest BCUT2D eigenvalue weighted by molar-refractivity contribution is -0.126. The summed E-state index contributed by atoms with van der Waals surface area (Å²) in [4.78, 5) is 22.7. The Balaban J connectivity index is 1.33. The molecule has 5 aliphatic rings. The highest BCUT2D eigenvalue weighted by molar-refractivity contribution is 6.00. The van der Waals surface area contributed by atoms with E-state index in [4.69, 9.17) is 9.47 Å². The van der Waals surface area contributed by atoms with Crippen molar-refractivity contribution in [2.45, 2.75) is 70.0 Å². The number of ether oxygens (including phenoxy) is 2. The van der Waals surface area contributed by atoms with Crippen molar-refractivity contribution in [1.82, 2.24) is 4.98 Å². The molecule has 1 N–H and O–H groups in total. The molecule has 186 valence electrons. The molecule has 1 amide bonds. The van der Waals surface area contributed by atoms with E-state index in [1.807, 2.05) is 30.0 Å². The predicted molar refractivity (Wildman–Crippen MR) is 133 cm³/mol. The number of benzene rings is 1. The van der Waals surface area contributed by atoms with Crippen LogP contribution in [-0.4, -0.2) is 55.1 Å². The van der Waals surface area contributed by atoms with Gasteiger partial charge in [-0.3, -0.25) is 4.79 Å². The van der Waals surface area contributed by atoms with Gasteiger partial charge in [0, 0.05) is 36.5 Å². The molecular formula is C27H33FN4O3. The number of nitrogens with zero attached hydrogens (tertiary/aromatic N) is 3. The highest BCUT2D eigenvalue weighted by Gasteiger charge is 2.39. The number of aromatic nitrogens is 1. The maximum atomic E-state index is 14.9. The smallest absolute Gasteiger partial charge is 0.230 e. The maximum absolute atomic E-state index is 14.9. The van der Waals surface area contributed by atoms with Crippen molar-refractivity contribution in [2.75, 3.05) is 34.9 Å². The molecular weight excluding hydrogens is 447 g/mol. The van der Waals surface area contributed by atoms with Crippen LogP contribution in [0, 0.1) is 5.92 Å². The minimum atomic E-state index is -1.12. The Labute approximate surface area is 205 Å². The Morgan fingerprint density at radius 1 is 1.26 bits per heavy atom. The van der Waals surface area contributed by atoms with E-state index in [9.17, 15) is 9.18 Å². The summed E-state index contributed by atoms with van der Waals surface area (Å²) >= 11 is 0. The van der Waals surface area contributed by atoms with Gasteiger partial charge in [0.25, 0.3) is 0 Å². The lowest BCUT2D eigenvalue weighted by Crippen LogP contribution is -2.54. The Bertz CT molecular complexity index is 1090. The summed E-state index contributed by atoms with van der Waals surface area (Å²) in [6, 6.07) is 10.5. The van der Waals surface area contributed by atoms with E-state index in [-0.39, 0.29) is 24.3 Å². The Morgan fingerprint density at radius 2 is 2.17 bits per heavy atom. The zero-order valence-corrected chi connectivity index (χ0v) is 20.2. The molecule has 0 radical (unpaired) electrons. The summed E-state index contributed by atoms with van der Waals surface area (Å²) in [6.07, 6.45) is 4.13. The molecule has 3 saturated heterocycles. The van der Waals surface area contributed by atoms with Gasteiger partial charge in [-0.1, -0.05) is 6.07 Å². The first-order valence-electron chi connectivity index (χ1n) is 12.9. The molecule has 4 aliphatic heterocycles. The zero-order valence-electron chi connectivity index (χ0n) is 20.2. The highest BCUT2D eigenvalue weighted by Crippen LogP contribution is 2.41. The fourth-order valence-electron chi connectivity index (χ4n) is 6.09. The first-order valence-corrected chi connectivity index (χ1v) is 12.9. The molecule has 7 rings (SSSR count). The van der Waals surface area contributed by atoms with E-state index in [0.29, 0.717) is 32.0 Å². The molecule has 2 aromatic rings. The molecule has 8 heteroatoms. The van der Waals surface area contributed by atoms with Gasteiger partial charge in [-0.05, 0) is 63.3 Å². The second-order valence-corrected chi connectivity index (χ2v) is 10.1. The zero-order chi connectivity index (χ0) is 23.9. The number of pyridine rings is 1. The Kier molecular flexibility index (Phi) is 6.10. The van der Waals surface area contributed by atoms with Gasteiger partial charge in [0.05, 0.1) is 42.8 Å². The number of morpholine rings is 1. The van der Waals surface area contributed by atoms with Gasteiger partial charge in [-0.15, -0.1) is 0 Å². The van der Waals surface area contributed by atoms with Gasteiger partial charge in [0.15, 0.2) is 0 Å². The van der Waals surface area contributed by atoms with Crippen LogP contribution in [0.3, 0.4) is 0 Å². The Morgan fingerprint density at radius 3 is 2.91 bits per heavy atom. The summed E-state index contributed by atoms with van der Waals surface area (Å²) in [5.74, 6) is 0.365. The fraction of sp³-hybridized carbons (Fsp3) is 0.556. The van der Waals surface area contributed by atoms with Crippen molar-refractivity contribution < 1.29 is 18.7 Å². The normalized spacial score (nSPS) is 29.7. The van der Waals surface area contributed by atoms with E-state index in [1.165, 1.54) is 0 Å². The van der Waals surface area contributed by atoms with Crippen LogP contribution >= 0.6 is 0 Å². The molecule has 7 nitrogen and oxygen atoms in total. The number of fused-ring (bicyclic) bond motifs is 5. The van der Waals surface area contributed by atoms with Gasteiger partial charge >= 0.3 is 0 Å². The molecule has 0 spiro atoms. The van der Waals surface area contributed by atoms with E-state index in [1.54, 1.807) is 6.20 Å². The molecule has 2 bridgehead atoms. The number of amides is 1. The molecule has 1 aromatic carbocycles. The summed E-state index contributed by atoms with van der Waals surface area (Å²) in [7, 11) is 0. The number of hydrogen-bond donors (Lipinski definition) is 1. The van der Waals surface area contributed by atoms with Crippen LogP contribution in [0.15, 0.2) is 36.5 Å². The van der Waals surface area contributed by atoms with E-state index in [2.05, 4.69) is 27.3 Å². The monoisotopic (exact) mass is 480 g/mol. The summed E-state index contributed by atoms with van der Waals surface area (Å²) in [5.41, 5.74) is 3.72. The van der Waals surface area contributed by atoms with Crippen LogP contribution in [0.5, 0.6) is 0 Å². The highest BCUT2D eigenvalue weighted by atomic mass is 19.1. The fourth-order valence-corrected chi connectivity index (χ4v) is 6.09. The minimum absolute atomic E-state index is 0.0250.